The summed E-state index contributed by atoms with van der Waals surface area (Å²) < 4.78 is 1.53. The number of aromatic nitrogens is 2. The van der Waals surface area contributed by atoms with Crippen LogP contribution in [0.4, 0.5) is 0 Å². The SMILES string of the molecule is C=c1[nH]n(-c2ccccc2)c(=O)/c1=C\c1cccc2ccccc12. The topological polar surface area (TPSA) is 37.8 Å². The highest BCUT2D eigenvalue weighted by Gasteiger charge is 2.05. The lowest BCUT2D eigenvalue weighted by Gasteiger charge is -2.01. The number of hydrogen-bond donors (Lipinski definition) is 1. The van der Waals surface area contributed by atoms with E-state index in [9.17, 15) is 4.79 Å². The zero-order valence-corrected chi connectivity index (χ0v) is 13.1. The second-order valence-electron chi connectivity index (χ2n) is 5.69. The van der Waals surface area contributed by atoms with E-state index in [1.54, 1.807) is 0 Å². The molecule has 0 unspecified atom stereocenters. The van der Waals surface area contributed by atoms with Crippen molar-refractivity contribution in [1.82, 2.24) is 9.78 Å². The average molecular weight is 312 g/mol. The molecule has 0 amide bonds. The molecule has 1 heterocycles. The number of aromatic amines is 1. The minimum Gasteiger partial charge on any atom is -0.291 e. The number of hydrogen-bond acceptors (Lipinski definition) is 1. The van der Waals surface area contributed by atoms with Crippen molar-refractivity contribution in [2.24, 2.45) is 0 Å². The molecule has 1 aromatic heterocycles. The van der Waals surface area contributed by atoms with Crippen LogP contribution in [0.15, 0.2) is 77.6 Å². The van der Waals surface area contributed by atoms with Gasteiger partial charge in [0.05, 0.1) is 16.3 Å². The number of H-pyrrole nitrogens is 1. The first-order valence-corrected chi connectivity index (χ1v) is 7.79. The van der Waals surface area contributed by atoms with Crippen molar-refractivity contribution >= 4 is 23.4 Å². The van der Waals surface area contributed by atoms with Crippen LogP contribution in [0, 0.1) is 0 Å². The van der Waals surface area contributed by atoms with Crippen molar-refractivity contribution in [2.45, 2.75) is 0 Å². The standard InChI is InChI=1S/C21H16N2O/c1-15-20(21(24)23(22-15)18-11-3-2-4-12-18)14-17-10-7-9-16-8-5-6-13-19(16)17/h2-14,22H,1H2/b20-14-. The van der Waals surface area contributed by atoms with E-state index in [4.69, 9.17) is 0 Å². The van der Waals surface area contributed by atoms with Gasteiger partial charge in [-0.25, -0.2) is 4.68 Å². The van der Waals surface area contributed by atoms with E-state index in [1.165, 1.54) is 4.68 Å². The second-order valence-corrected chi connectivity index (χ2v) is 5.69. The number of para-hydroxylation sites is 1. The lowest BCUT2D eigenvalue weighted by Crippen LogP contribution is -2.33. The zero-order valence-electron chi connectivity index (χ0n) is 13.1. The van der Waals surface area contributed by atoms with E-state index >= 15 is 0 Å². The van der Waals surface area contributed by atoms with Gasteiger partial charge in [0.1, 0.15) is 0 Å². The molecule has 0 saturated heterocycles. The smallest absolute Gasteiger partial charge is 0.279 e. The second kappa shape index (κ2) is 5.70. The average Bonchev–Trinajstić information content (AvgIpc) is 2.91. The lowest BCUT2D eigenvalue weighted by molar-refractivity contribution is 0.838. The van der Waals surface area contributed by atoms with Crippen LogP contribution in [0.3, 0.4) is 0 Å². The van der Waals surface area contributed by atoms with Gasteiger partial charge >= 0.3 is 0 Å². The lowest BCUT2D eigenvalue weighted by atomic mass is 10.0. The monoisotopic (exact) mass is 312 g/mol. The highest BCUT2D eigenvalue weighted by molar-refractivity contribution is 5.90. The molecule has 0 spiro atoms. The molecule has 0 aliphatic carbocycles. The van der Waals surface area contributed by atoms with Crippen LogP contribution < -0.4 is 16.1 Å². The van der Waals surface area contributed by atoms with E-state index in [0.717, 1.165) is 22.0 Å². The molecule has 24 heavy (non-hydrogen) atoms. The van der Waals surface area contributed by atoms with Gasteiger partial charge in [0.2, 0.25) is 0 Å². The van der Waals surface area contributed by atoms with Gasteiger partial charge in [-0.15, -0.1) is 0 Å². The van der Waals surface area contributed by atoms with E-state index in [1.807, 2.05) is 60.7 Å². The number of rotatable bonds is 2. The highest BCUT2D eigenvalue weighted by Crippen LogP contribution is 2.18. The Balaban J connectivity index is 1.97. The Bertz CT molecular complexity index is 1180. The van der Waals surface area contributed by atoms with Gasteiger partial charge in [0, 0.05) is 0 Å². The summed E-state index contributed by atoms with van der Waals surface area (Å²) in [6, 6.07) is 23.7. The summed E-state index contributed by atoms with van der Waals surface area (Å²) in [4.78, 5) is 12.8. The molecule has 3 nitrogen and oxygen atoms in total. The predicted octanol–water partition coefficient (Wildman–Crippen LogP) is 2.56. The summed E-state index contributed by atoms with van der Waals surface area (Å²) in [5.74, 6) is 0. The molecule has 3 heteroatoms. The highest BCUT2D eigenvalue weighted by atomic mass is 16.1. The maximum Gasteiger partial charge on any atom is 0.279 e. The number of fused-ring (bicyclic) bond motifs is 1. The summed E-state index contributed by atoms with van der Waals surface area (Å²) in [7, 11) is 0. The Kier molecular flexibility index (Phi) is 3.39. The fourth-order valence-corrected chi connectivity index (χ4v) is 2.94. The Morgan fingerprint density at radius 2 is 1.58 bits per heavy atom. The molecule has 0 saturated carbocycles. The third-order valence-corrected chi connectivity index (χ3v) is 4.14. The van der Waals surface area contributed by atoms with Crippen molar-refractivity contribution in [3.05, 3.63) is 99.3 Å². The van der Waals surface area contributed by atoms with Gasteiger partial charge in [-0.05, 0) is 34.5 Å². The first-order chi connectivity index (χ1) is 11.7. The van der Waals surface area contributed by atoms with Crippen molar-refractivity contribution in [3.8, 4) is 5.69 Å². The van der Waals surface area contributed by atoms with Crippen molar-refractivity contribution in [2.75, 3.05) is 0 Å². The molecule has 0 aliphatic rings. The van der Waals surface area contributed by atoms with Crippen molar-refractivity contribution < 1.29 is 0 Å². The molecule has 0 atom stereocenters. The number of nitrogens with one attached hydrogen (secondary N) is 1. The van der Waals surface area contributed by atoms with Crippen LogP contribution in [0.5, 0.6) is 0 Å². The molecule has 0 radical (unpaired) electrons. The van der Waals surface area contributed by atoms with Gasteiger partial charge in [-0.1, -0.05) is 67.2 Å². The minimum absolute atomic E-state index is 0.0980. The summed E-state index contributed by atoms with van der Waals surface area (Å²) in [6.07, 6.45) is 1.91. The molecule has 1 N–H and O–H groups in total. The van der Waals surface area contributed by atoms with Crippen LogP contribution in [0.1, 0.15) is 5.56 Å². The Labute approximate surface area is 138 Å². The van der Waals surface area contributed by atoms with Gasteiger partial charge in [-0.2, -0.15) is 0 Å². The van der Waals surface area contributed by atoms with Crippen molar-refractivity contribution in [1.29, 1.82) is 0 Å². The third kappa shape index (κ3) is 2.36. The Morgan fingerprint density at radius 1 is 0.875 bits per heavy atom. The quantitative estimate of drug-likeness (QED) is 0.607. The fourth-order valence-electron chi connectivity index (χ4n) is 2.94. The summed E-state index contributed by atoms with van der Waals surface area (Å²) in [5, 5.41) is 6.51. The molecule has 0 fully saturated rings. The largest absolute Gasteiger partial charge is 0.291 e. The maximum absolute atomic E-state index is 12.8. The van der Waals surface area contributed by atoms with E-state index in [-0.39, 0.29) is 5.56 Å². The molecule has 116 valence electrons. The van der Waals surface area contributed by atoms with Gasteiger partial charge in [0.15, 0.2) is 0 Å². The summed E-state index contributed by atoms with van der Waals surface area (Å²) in [6.45, 7) is 4.00. The number of nitrogens with zero attached hydrogens (tertiary/aromatic N) is 1. The molecule has 0 aliphatic heterocycles. The normalized spacial score (nSPS) is 11.9. The first-order valence-electron chi connectivity index (χ1n) is 7.79. The van der Waals surface area contributed by atoms with Crippen LogP contribution in [0.25, 0.3) is 29.1 Å². The van der Waals surface area contributed by atoms with Gasteiger partial charge in [0.25, 0.3) is 5.56 Å². The molecular weight excluding hydrogens is 296 g/mol. The van der Waals surface area contributed by atoms with Crippen LogP contribution >= 0.6 is 0 Å². The minimum atomic E-state index is -0.0980. The molecular formula is C21H16N2O. The van der Waals surface area contributed by atoms with Gasteiger partial charge < -0.3 is 0 Å². The zero-order chi connectivity index (χ0) is 16.5. The van der Waals surface area contributed by atoms with E-state index in [0.29, 0.717) is 10.6 Å². The van der Waals surface area contributed by atoms with Crippen LogP contribution in [-0.2, 0) is 0 Å². The van der Waals surface area contributed by atoms with E-state index in [2.05, 4.69) is 29.9 Å². The third-order valence-electron chi connectivity index (χ3n) is 4.14. The van der Waals surface area contributed by atoms with E-state index < -0.39 is 0 Å². The Morgan fingerprint density at radius 3 is 2.42 bits per heavy atom. The fraction of sp³-hybridized carbons (Fsp3) is 0. The molecule has 4 rings (SSSR count). The van der Waals surface area contributed by atoms with Gasteiger partial charge in [-0.3, -0.25) is 9.89 Å². The van der Waals surface area contributed by atoms with Crippen LogP contribution in [0.2, 0.25) is 0 Å². The molecule has 4 aromatic rings. The van der Waals surface area contributed by atoms with Crippen molar-refractivity contribution in [3.63, 3.8) is 0 Å². The maximum atomic E-state index is 12.8. The summed E-state index contributed by atoms with van der Waals surface area (Å²) >= 11 is 0. The first kappa shape index (κ1) is 14.3. The molecule has 3 aromatic carbocycles. The summed E-state index contributed by atoms with van der Waals surface area (Å²) in [5.41, 5.74) is 1.71. The predicted molar refractivity (Wildman–Crippen MR) is 98.7 cm³/mol. The number of benzene rings is 3. The molecule has 0 bridgehead atoms. The Hall–Kier alpha value is -3.33. The van der Waals surface area contributed by atoms with Crippen LogP contribution in [-0.4, -0.2) is 9.78 Å².